The van der Waals surface area contributed by atoms with Crippen LogP contribution in [0, 0.1) is 38.0 Å². The van der Waals surface area contributed by atoms with E-state index in [9.17, 15) is 9.90 Å². The number of aliphatic carboxylic acids is 1. The van der Waals surface area contributed by atoms with E-state index in [0.717, 1.165) is 25.7 Å². The zero-order valence-electron chi connectivity index (χ0n) is 12.7. The van der Waals surface area contributed by atoms with E-state index in [1.165, 1.54) is 28.7 Å². The summed E-state index contributed by atoms with van der Waals surface area (Å²) in [6.07, 6.45) is 5.10. The van der Waals surface area contributed by atoms with Crippen molar-refractivity contribution in [3.8, 4) is 0 Å². The van der Waals surface area contributed by atoms with E-state index < -0.39 is 11.4 Å². The second kappa shape index (κ2) is 4.61. The fraction of sp³-hybridized carbons (Fsp3) is 0.611. The Morgan fingerprint density at radius 2 is 1.90 bits per heavy atom. The molecule has 1 N–H and O–H groups in total. The van der Waals surface area contributed by atoms with Gasteiger partial charge in [-0.15, -0.1) is 0 Å². The van der Waals surface area contributed by atoms with Crippen molar-refractivity contribution in [2.75, 3.05) is 0 Å². The molecule has 0 aromatic heterocycles. The van der Waals surface area contributed by atoms with Crippen molar-refractivity contribution in [3.63, 3.8) is 0 Å². The lowest BCUT2D eigenvalue weighted by molar-refractivity contribution is -0.152. The molecule has 2 nitrogen and oxygen atoms in total. The van der Waals surface area contributed by atoms with Gasteiger partial charge in [0.15, 0.2) is 0 Å². The molecule has 2 bridgehead atoms. The first-order valence-electron chi connectivity index (χ1n) is 7.72. The van der Waals surface area contributed by atoms with Crippen LogP contribution in [0.5, 0.6) is 0 Å². The highest BCUT2D eigenvalue weighted by Gasteiger charge is 2.55. The molecule has 0 aliphatic heterocycles. The maximum atomic E-state index is 12.0. The molecule has 0 spiro atoms. The molecule has 0 heterocycles. The van der Waals surface area contributed by atoms with Crippen molar-refractivity contribution in [2.24, 2.45) is 17.3 Å². The second-order valence-corrected chi connectivity index (χ2v) is 7.10. The Kier molecular flexibility index (Phi) is 3.15. The smallest absolute Gasteiger partial charge is 0.310 e. The van der Waals surface area contributed by atoms with Crippen LogP contribution in [0.3, 0.4) is 0 Å². The largest absolute Gasteiger partial charge is 0.481 e. The standard InChI is InChI=1S/C18H24O2/c1-11-6-12(2)16(13(3)7-11)10-18(17(19)20)9-14-4-5-15(18)8-14/h6-7,14-15H,4-5,8-10H2,1-3H3,(H,19,20). The fourth-order valence-corrected chi connectivity index (χ4v) is 4.80. The van der Waals surface area contributed by atoms with Crippen LogP contribution in [-0.2, 0) is 11.2 Å². The number of carbonyl (C=O) groups is 1. The average Bonchev–Trinajstić information content (AvgIpc) is 2.94. The van der Waals surface area contributed by atoms with Gasteiger partial charge in [0.1, 0.15) is 0 Å². The molecule has 20 heavy (non-hydrogen) atoms. The lowest BCUT2D eigenvalue weighted by Crippen LogP contribution is -2.39. The highest BCUT2D eigenvalue weighted by atomic mass is 16.4. The van der Waals surface area contributed by atoms with Crippen molar-refractivity contribution >= 4 is 5.97 Å². The van der Waals surface area contributed by atoms with Gasteiger partial charge in [-0.25, -0.2) is 0 Å². The molecule has 3 rings (SSSR count). The summed E-state index contributed by atoms with van der Waals surface area (Å²) in [5.41, 5.74) is 4.55. The van der Waals surface area contributed by atoms with Gasteiger partial charge in [0.2, 0.25) is 0 Å². The summed E-state index contributed by atoms with van der Waals surface area (Å²) in [6.45, 7) is 6.35. The Morgan fingerprint density at radius 1 is 1.25 bits per heavy atom. The van der Waals surface area contributed by atoms with E-state index in [0.29, 0.717) is 11.8 Å². The van der Waals surface area contributed by atoms with Crippen LogP contribution in [0.1, 0.15) is 47.9 Å². The third-order valence-corrected chi connectivity index (χ3v) is 5.73. The van der Waals surface area contributed by atoms with Gasteiger partial charge in [-0.1, -0.05) is 24.1 Å². The number of hydrogen-bond acceptors (Lipinski definition) is 1. The van der Waals surface area contributed by atoms with E-state index in [1.54, 1.807) is 0 Å². The minimum Gasteiger partial charge on any atom is -0.481 e. The molecule has 108 valence electrons. The molecule has 2 aliphatic carbocycles. The van der Waals surface area contributed by atoms with E-state index in [4.69, 9.17) is 0 Å². The lowest BCUT2D eigenvalue weighted by Gasteiger charge is -2.34. The Hall–Kier alpha value is -1.31. The Bertz CT molecular complexity index is 538. The maximum absolute atomic E-state index is 12.0. The molecule has 2 fully saturated rings. The van der Waals surface area contributed by atoms with Crippen LogP contribution in [-0.4, -0.2) is 11.1 Å². The van der Waals surface area contributed by atoms with Crippen LogP contribution in [0.4, 0.5) is 0 Å². The highest BCUT2D eigenvalue weighted by molar-refractivity contribution is 5.76. The van der Waals surface area contributed by atoms with Gasteiger partial charge in [-0.3, -0.25) is 4.79 Å². The summed E-state index contributed by atoms with van der Waals surface area (Å²) in [5, 5.41) is 9.88. The van der Waals surface area contributed by atoms with Crippen molar-refractivity contribution in [1.82, 2.24) is 0 Å². The quantitative estimate of drug-likeness (QED) is 0.901. The number of aryl methyl sites for hydroxylation is 3. The first-order chi connectivity index (χ1) is 9.42. The summed E-state index contributed by atoms with van der Waals surface area (Å²) in [7, 11) is 0. The average molecular weight is 272 g/mol. The molecule has 2 heteroatoms. The minimum absolute atomic E-state index is 0.394. The Balaban J connectivity index is 1.98. The lowest BCUT2D eigenvalue weighted by atomic mass is 9.68. The predicted octanol–water partition coefficient (Wildman–Crippen LogP) is 4.05. The van der Waals surface area contributed by atoms with Crippen LogP contribution in [0.15, 0.2) is 12.1 Å². The van der Waals surface area contributed by atoms with Gasteiger partial charge in [0, 0.05) is 0 Å². The molecule has 0 saturated heterocycles. The molecule has 1 aromatic carbocycles. The molecule has 2 saturated carbocycles. The van der Waals surface area contributed by atoms with Gasteiger partial charge in [-0.05, 0) is 75.0 Å². The van der Waals surface area contributed by atoms with E-state index >= 15 is 0 Å². The van der Waals surface area contributed by atoms with Crippen LogP contribution in [0.2, 0.25) is 0 Å². The number of rotatable bonds is 3. The monoisotopic (exact) mass is 272 g/mol. The normalized spacial score (nSPS) is 31.8. The summed E-state index contributed by atoms with van der Waals surface area (Å²) < 4.78 is 0. The Labute approximate surface area is 121 Å². The van der Waals surface area contributed by atoms with Gasteiger partial charge in [0.25, 0.3) is 0 Å². The SMILES string of the molecule is Cc1cc(C)c(CC2(C(=O)O)CC3CCC2C3)c(C)c1. The van der Waals surface area contributed by atoms with Gasteiger partial charge in [0.05, 0.1) is 5.41 Å². The zero-order valence-corrected chi connectivity index (χ0v) is 12.7. The Morgan fingerprint density at radius 3 is 2.35 bits per heavy atom. The summed E-state index contributed by atoms with van der Waals surface area (Å²) in [4.78, 5) is 12.0. The molecule has 1 aromatic rings. The minimum atomic E-state index is -0.566. The van der Waals surface area contributed by atoms with Crippen molar-refractivity contribution in [1.29, 1.82) is 0 Å². The number of hydrogen-bond donors (Lipinski definition) is 1. The van der Waals surface area contributed by atoms with E-state index in [1.807, 2.05) is 0 Å². The van der Waals surface area contributed by atoms with Crippen molar-refractivity contribution in [3.05, 3.63) is 34.4 Å². The second-order valence-electron chi connectivity index (χ2n) is 7.10. The fourth-order valence-electron chi connectivity index (χ4n) is 4.80. The van der Waals surface area contributed by atoms with Crippen molar-refractivity contribution < 1.29 is 9.90 Å². The molecule has 0 amide bonds. The number of benzene rings is 1. The molecule has 0 radical (unpaired) electrons. The van der Waals surface area contributed by atoms with Gasteiger partial charge < -0.3 is 5.11 Å². The van der Waals surface area contributed by atoms with Gasteiger partial charge >= 0.3 is 5.97 Å². The first kappa shape index (κ1) is 13.7. The molecular formula is C18H24O2. The number of carboxylic acids is 1. The van der Waals surface area contributed by atoms with Crippen LogP contribution in [0.25, 0.3) is 0 Å². The zero-order chi connectivity index (χ0) is 14.5. The number of carboxylic acid groups (broad SMARTS) is 1. The van der Waals surface area contributed by atoms with Crippen molar-refractivity contribution in [2.45, 2.75) is 52.9 Å². The maximum Gasteiger partial charge on any atom is 0.310 e. The molecule has 3 atom stereocenters. The molecule has 2 aliphatic rings. The molecule has 3 unspecified atom stereocenters. The third kappa shape index (κ3) is 1.97. The van der Waals surface area contributed by atoms with Crippen LogP contribution < -0.4 is 0 Å². The summed E-state index contributed by atoms with van der Waals surface area (Å²) >= 11 is 0. The summed E-state index contributed by atoms with van der Waals surface area (Å²) in [5.74, 6) is 0.483. The summed E-state index contributed by atoms with van der Waals surface area (Å²) in [6, 6.07) is 4.37. The highest BCUT2D eigenvalue weighted by Crippen LogP contribution is 2.57. The third-order valence-electron chi connectivity index (χ3n) is 5.73. The topological polar surface area (TPSA) is 37.3 Å². The van der Waals surface area contributed by atoms with Crippen LogP contribution >= 0.6 is 0 Å². The first-order valence-corrected chi connectivity index (χ1v) is 7.72. The predicted molar refractivity (Wildman–Crippen MR) is 79.9 cm³/mol. The molecular weight excluding hydrogens is 248 g/mol. The van der Waals surface area contributed by atoms with E-state index in [-0.39, 0.29) is 0 Å². The number of fused-ring (bicyclic) bond motifs is 2. The van der Waals surface area contributed by atoms with Gasteiger partial charge in [-0.2, -0.15) is 0 Å². The van der Waals surface area contributed by atoms with E-state index in [2.05, 4.69) is 32.9 Å².